The van der Waals surface area contributed by atoms with E-state index in [4.69, 9.17) is 11.5 Å². The Balaban J connectivity index is 1.70. The van der Waals surface area contributed by atoms with Crippen LogP contribution in [0.3, 0.4) is 0 Å². The third kappa shape index (κ3) is 4.16. The van der Waals surface area contributed by atoms with Crippen LogP contribution in [0.5, 0.6) is 5.75 Å². The van der Waals surface area contributed by atoms with Gasteiger partial charge < -0.3 is 42.5 Å². The Bertz CT molecular complexity index is 1520. The number of ketones is 2. The normalized spacial score (nSPS) is 27.3. The minimum absolute atomic E-state index is 0.0146. The number of phenols is 1. The molecule has 0 radical (unpaired) electrons. The summed E-state index contributed by atoms with van der Waals surface area (Å²) in [5.41, 5.74) is 9.54. The molecule has 0 aliphatic heterocycles. The average molecular weight is 581 g/mol. The maximum atomic E-state index is 14.0. The average Bonchev–Trinajstić information content (AvgIpc) is 2.94. The van der Waals surface area contributed by atoms with E-state index in [1.54, 1.807) is 18.8 Å². The van der Waals surface area contributed by atoms with Crippen LogP contribution in [0.15, 0.2) is 59.1 Å². The number of phenolic OH excluding ortho intramolecular Hbond substituents is 1. The van der Waals surface area contributed by atoms with Gasteiger partial charge in [-0.1, -0.05) is 30.3 Å². The lowest BCUT2D eigenvalue weighted by Crippen LogP contribution is -2.64. The highest BCUT2D eigenvalue weighted by molar-refractivity contribution is 7.98. The lowest BCUT2D eigenvalue weighted by molar-refractivity contribution is -0.146. The van der Waals surface area contributed by atoms with E-state index in [1.807, 2.05) is 30.3 Å². The summed E-state index contributed by atoms with van der Waals surface area (Å²) in [6.07, 6.45) is -0.0146. The summed E-state index contributed by atoms with van der Waals surface area (Å²) in [5.74, 6) is -6.63. The molecule has 0 fully saturated rings. The molecule has 41 heavy (non-hydrogen) atoms. The standard InChI is InChI=1S/C29H32N4O7S/c1-32-17-9-16(30)23(34)20-18(17)14(11-41-10-12-6-4-3-5-7-12)13-8-15-22(33-2)25(36)21(28(31)39)27(38)29(15,40)26(37)19(13)24(20)35/h3-7,9,13-15,22,32-34,36-37,40H,8,10-11,30H2,1-2H3,(H2,31,39)/t13-,14-,15+,22+,29+/m1/s1. The first kappa shape index (κ1) is 28.5. The highest BCUT2D eigenvalue weighted by Crippen LogP contribution is 2.57. The number of nitrogen functional groups attached to an aromatic ring is 1. The van der Waals surface area contributed by atoms with Gasteiger partial charge in [0.15, 0.2) is 11.4 Å². The van der Waals surface area contributed by atoms with Crippen LogP contribution < -0.4 is 22.1 Å². The van der Waals surface area contributed by atoms with E-state index in [0.717, 1.165) is 5.56 Å². The van der Waals surface area contributed by atoms with Gasteiger partial charge in [0.25, 0.3) is 5.91 Å². The molecular weight excluding hydrogens is 548 g/mol. The molecule has 2 aromatic carbocycles. The Morgan fingerprint density at radius 3 is 2.44 bits per heavy atom. The zero-order valence-electron chi connectivity index (χ0n) is 22.5. The number of carbonyl (C=O) groups is 3. The highest BCUT2D eigenvalue weighted by atomic mass is 32.2. The number of aliphatic hydroxyl groups excluding tert-OH is 2. The molecule has 0 aromatic heterocycles. The van der Waals surface area contributed by atoms with Crippen molar-refractivity contribution in [2.45, 2.75) is 29.7 Å². The number of hydrogen-bond donors (Lipinski definition) is 8. The van der Waals surface area contributed by atoms with Gasteiger partial charge in [0.05, 0.1) is 17.3 Å². The lowest BCUT2D eigenvalue weighted by atomic mass is 9.56. The quantitative estimate of drug-likeness (QED) is 0.103. The summed E-state index contributed by atoms with van der Waals surface area (Å²) >= 11 is 1.58. The zero-order valence-corrected chi connectivity index (χ0v) is 23.3. The summed E-state index contributed by atoms with van der Waals surface area (Å²) in [6.45, 7) is 0. The first-order chi connectivity index (χ1) is 19.5. The number of benzene rings is 2. The number of primary amides is 1. The Hall–Kier alpha value is -4.00. The van der Waals surface area contributed by atoms with Gasteiger partial charge in [-0.15, -0.1) is 0 Å². The van der Waals surface area contributed by atoms with Crippen LogP contribution in [0.25, 0.3) is 0 Å². The van der Waals surface area contributed by atoms with E-state index in [2.05, 4.69) is 10.6 Å². The van der Waals surface area contributed by atoms with Crippen molar-refractivity contribution in [1.29, 1.82) is 0 Å². The Morgan fingerprint density at radius 1 is 1.15 bits per heavy atom. The van der Waals surface area contributed by atoms with Crippen molar-refractivity contribution in [1.82, 2.24) is 5.32 Å². The minimum Gasteiger partial charge on any atom is -0.510 e. The van der Waals surface area contributed by atoms with Gasteiger partial charge in [0, 0.05) is 41.6 Å². The van der Waals surface area contributed by atoms with Gasteiger partial charge in [-0.3, -0.25) is 14.4 Å². The molecule has 11 nitrogen and oxygen atoms in total. The van der Waals surface area contributed by atoms with Crippen molar-refractivity contribution in [3.05, 3.63) is 75.8 Å². The Morgan fingerprint density at radius 2 is 1.83 bits per heavy atom. The summed E-state index contributed by atoms with van der Waals surface area (Å²) in [4.78, 5) is 39.7. The van der Waals surface area contributed by atoms with E-state index >= 15 is 0 Å². The van der Waals surface area contributed by atoms with Crippen LogP contribution in [-0.2, 0) is 15.3 Å². The summed E-state index contributed by atoms with van der Waals surface area (Å²) in [7, 11) is 3.14. The SMILES string of the molecule is CNc1cc(N)c(O)c2c1[C@H](CSCc1ccccc1)[C@H]1C[C@H]3[C@H](NC)C(O)=C(C(N)=O)C(=O)[C@@]3(O)C(O)=C1C2=O. The fourth-order valence-corrected chi connectivity index (χ4v) is 7.78. The molecule has 0 spiro atoms. The van der Waals surface area contributed by atoms with Crippen LogP contribution >= 0.6 is 11.8 Å². The third-order valence-electron chi connectivity index (χ3n) is 8.49. The number of Topliss-reactive ketones (excluding diaryl/α,β-unsaturated/α-hetero) is 2. The van der Waals surface area contributed by atoms with Crippen molar-refractivity contribution in [2.24, 2.45) is 17.6 Å². The maximum absolute atomic E-state index is 14.0. The molecule has 0 bridgehead atoms. The van der Waals surface area contributed by atoms with Gasteiger partial charge in [-0.25, -0.2) is 0 Å². The van der Waals surface area contributed by atoms with Crippen LogP contribution in [0.4, 0.5) is 11.4 Å². The molecule has 5 atom stereocenters. The van der Waals surface area contributed by atoms with Crippen LogP contribution in [0, 0.1) is 11.8 Å². The topological polar surface area (TPSA) is 208 Å². The fourth-order valence-electron chi connectivity index (χ4n) is 6.59. The van der Waals surface area contributed by atoms with E-state index in [0.29, 0.717) is 22.8 Å². The highest BCUT2D eigenvalue weighted by Gasteiger charge is 2.63. The van der Waals surface area contributed by atoms with E-state index in [-0.39, 0.29) is 23.2 Å². The molecule has 0 saturated carbocycles. The molecule has 0 heterocycles. The molecule has 1 amide bonds. The number of aromatic hydroxyl groups is 1. The molecule has 0 saturated heterocycles. The van der Waals surface area contributed by atoms with Gasteiger partial charge >= 0.3 is 0 Å². The van der Waals surface area contributed by atoms with Crippen molar-refractivity contribution >= 4 is 40.6 Å². The second-order valence-corrected chi connectivity index (χ2v) is 11.6. The van der Waals surface area contributed by atoms with E-state index < -0.39 is 69.7 Å². The predicted octanol–water partition coefficient (Wildman–Crippen LogP) is 1.88. The summed E-state index contributed by atoms with van der Waals surface area (Å²) in [6, 6.07) is 10.2. The maximum Gasteiger partial charge on any atom is 0.255 e. The van der Waals surface area contributed by atoms with Crippen LogP contribution in [-0.4, -0.2) is 69.4 Å². The van der Waals surface area contributed by atoms with Gasteiger partial charge in [-0.05, 0) is 36.6 Å². The number of anilines is 2. The number of nitrogens with two attached hydrogens (primary N) is 2. The number of nitrogens with one attached hydrogen (secondary N) is 2. The van der Waals surface area contributed by atoms with Crippen LogP contribution in [0.1, 0.15) is 33.8 Å². The molecule has 5 rings (SSSR count). The molecule has 12 heteroatoms. The monoisotopic (exact) mass is 580 g/mol. The van der Waals surface area contributed by atoms with Crippen molar-refractivity contribution in [2.75, 3.05) is 30.9 Å². The minimum atomic E-state index is -2.72. The summed E-state index contributed by atoms with van der Waals surface area (Å²) in [5, 5.41) is 51.1. The smallest absolute Gasteiger partial charge is 0.255 e. The zero-order chi connectivity index (χ0) is 29.8. The predicted molar refractivity (Wildman–Crippen MR) is 155 cm³/mol. The van der Waals surface area contributed by atoms with E-state index in [9.17, 15) is 34.8 Å². The molecule has 10 N–H and O–H groups in total. The number of carbonyl (C=O) groups excluding carboxylic acids is 3. The van der Waals surface area contributed by atoms with Crippen molar-refractivity contribution in [3.63, 3.8) is 0 Å². The molecule has 3 aliphatic rings. The number of aliphatic hydroxyl groups is 3. The van der Waals surface area contributed by atoms with Crippen LogP contribution in [0.2, 0.25) is 0 Å². The third-order valence-corrected chi connectivity index (χ3v) is 9.62. The number of rotatable bonds is 7. The first-order valence-corrected chi connectivity index (χ1v) is 14.2. The number of amides is 1. The lowest BCUT2D eigenvalue weighted by Gasteiger charge is -2.50. The van der Waals surface area contributed by atoms with Gasteiger partial charge in [0.2, 0.25) is 5.78 Å². The number of allylic oxidation sites excluding steroid dienone is 1. The molecular formula is C29H32N4O7S. The number of fused-ring (bicyclic) bond motifs is 3. The summed E-state index contributed by atoms with van der Waals surface area (Å²) < 4.78 is 0. The molecule has 0 unspecified atom stereocenters. The second kappa shape index (κ2) is 10.4. The van der Waals surface area contributed by atoms with E-state index in [1.165, 1.54) is 13.1 Å². The molecule has 2 aromatic rings. The Kier molecular flexibility index (Phi) is 7.26. The van der Waals surface area contributed by atoms with Gasteiger partial charge in [0.1, 0.15) is 22.8 Å². The largest absolute Gasteiger partial charge is 0.510 e. The Labute approximate surface area is 240 Å². The van der Waals surface area contributed by atoms with Gasteiger partial charge in [-0.2, -0.15) is 11.8 Å². The second-order valence-electron chi connectivity index (χ2n) is 10.5. The number of hydrogen-bond acceptors (Lipinski definition) is 11. The fraction of sp³-hybridized carbons (Fsp3) is 0.345. The van der Waals surface area contributed by atoms with Crippen molar-refractivity contribution in [3.8, 4) is 5.75 Å². The number of thioether (sulfide) groups is 1. The molecule has 216 valence electrons. The van der Waals surface area contributed by atoms with Crippen molar-refractivity contribution < 1.29 is 34.8 Å². The number of likely N-dealkylation sites (N-methyl/N-ethyl adjacent to an activating group) is 1. The molecule has 3 aliphatic carbocycles. The first-order valence-electron chi connectivity index (χ1n) is 13.1.